The highest BCUT2D eigenvalue weighted by atomic mass is 16.4. The maximum Gasteiger partial charge on any atom is 0.336 e. The molecule has 0 unspecified atom stereocenters. The van der Waals surface area contributed by atoms with Crippen LogP contribution in [0.4, 0.5) is 5.69 Å². The van der Waals surface area contributed by atoms with Crippen molar-refractivity contribution in [3.8, 4) is 0 Å². The summed E-state index contributed by atoms with van der Waals surface area (Å²) in [5, 5.41) is 3.50. The number of hydrogen-bond donors (Lipinski definition) is 1. The van der Waals surface area contributed by atoms with Crippen LogP contribution in [0.3, 0.4) is 0 Å². The summed E-state index contributed by atoms with van der Waals surface area (Å²) in [6.07, 6.45) is 3.30. The topological polar surface area (TPSA) is 96.7 Å². The zero-order chi connectivity index (χ0) is 20.0. The molecule has 1 aliphatic heterocycles. The molecule has 0 radical (unpaired) electrons. The monoisotopic (exact) mass is 382 g/mol. The van der Waals surface area contributed by atoms with Gasteiger partial charge in [0.25, 0.3) is 0 Å². The quantitative estimate of drug-likeness (QED) is 0.650. The van der Waals surface area contributed by atoms with Crippen LogP contribution in [0.25, 0.3) is 11.0 Å². The first-order valence-corrected chi connectivity index (χ1v) is 9.59. The Kier molecular flexibility index (Phi) is 4.53. The summed E-state index contributed by atoms with van der Waals surface area (Å²) in [7, 11) is 0. The predicted molar refractivity (Wildman–Crippen MR) is 103 cm³/mol. The summed E-state index contributed by atoms with van der Waals surface area (Å²) in [4.78, 5) is 50.8. The fraction of sp³-hybridized carbons (Fsp3) is 0.429. The molecule has 2 heterocycles. The lowest BCUT2D eigenvalue weighted by Gasteiger charge is -2.22. The first kappa shape index (κ1) is 18.4. The van der Waals surface area contributed by atoms with Crippen LogP contribution in [0.1, 0.15) is 38.2 Å². The lowest BCUT2D eigenvalue weighted by molar-refractivity contribution is -0.146. The SMILES string of the molecule is Cc1cc(=O)oc2cc(NC(=O)[C@H](C)N3C(=O)[C@@H]4CCCC[C@H]4C3=O)ccc12. The van der Waals surface area contributed by atoms with Crippen LogP contribution in [-0.4, -0.2) is 28.7 Å². The number of benzene rings is 1. The smallest absolute Gasteiger partial charge is 0.336 e. The van der Waals surface area contributed by atoms with Crippen LogP contribution in [0, 0.1) is 18.8 Å². The molecule has 3 atom stereocenters. The van der Waals surface area contributed by atoms with Gasteiger partial charge < -0.3 is 9.73 Å². The molecule has 7 nitrogen and oxygen atoms in total. The molecular formula is C21H22N2O5. The number of hydrogen-bond acceptors (Lipinski definition) is 5. The molecule has 1 saturated heterocycles. The molecule has 2 aliphatic rings. The van der Waals surface area contributed by atoms with Crippen molar-refractivity contribution in [3.05, 3.63) is 40.2 Å². The summed E-state index contributed by atoms with van der Waals surface area (Å²) in [5.41, 5.74) is 1.13. The molecule has 1 saturated carbocycles. The number of nitrogens with zero attached hydrogens (tertiary/aromatic N) is 1. The van der Waals surface area contributed by atoms with Crippen molar-refractivity contribution in [1.29, 1.82) is 0 Å². The molecule has 4 rings (SSSR count). The number of imide groups is 1. The van der Waals surface area contributed by atoms with Crippen LogP contribution >= 0.6 is 0 Å². The Labute approximate surface area is 161 Å². The summed E-state index contributed by atoms with van der Waals surface area (Å²) in [5.74, 6) is -1.49. The summed E-state index contributed by atoms with van der Waals surface area (Å²) >= 11 is 0. The van der Waals surface area contributed by atoms with E-state index >= 15 is 0 Å². The number of nitrogens with one attached hydrogen (secondary N) is 1. The molecule has 28 heavy (non-hydrogen) atoms. The third-order valence-corrected chi connectivity index (χ3v) is 5.86. The lowest BCUT2D eigenvalue weighted by atomic mass is 9.81. The van der Waals surface area contributed by atoms with Crippen LogP contribution in [0.5, 0.6) is 0 Å². The Morgan fingerprint density at radius 3 is 2.39 bits per heavy atom. The number of carbonyl (C=O) groups is 3. The van der Waals surface area contributed by atoms with Gasteiger partial charge in [-0.25, -0.2) is 4.79 Å². The number of fused-ring (bicyclic) bond motifs is 2. The fourth-order valence-corrected chi connectivity index (χ4v) is 4.34. The first-order valence-electron chi connectivity index (χ1n) is 9.59. The molecule has 2 aromatic rings. The second-order valence-electron chi connectivity index (χ2n) is 7.67. The highest BCUT2D eigenvalue weighted by molar-refractivity contribution is 6.10. The molecule has 1 aromatic heterocycles. The Hall–Kier alpha value is -2.96. The van der Waals surface area contributed by atoms with Crippen molar-refractivity contribution >= 4 is 34.4 Å². The van der Waals surface area contributed by atoms with Crippen molar-refractivity contribution in [2.24, 2.45) is 11.8 Å². The minimum Gasteiger partial charge on any atom is -0.423 e. The number of anilines is 1. The number of carbonyl (C=O) groups excluding carboxylic acids is 3. The van der Waals surface area contributed by atoms with Crippen LogP contribution in [0.2, 0.25) is 0 Å². The first-order chi connectivity index (χ1) is 13.4. The van der Waals surface area contributed by atoms with Crippen molar-refractivity contribution < 1.29 is 18.8 Å². The van der Waals surface area contributed by atoms with Gasteiger partial charge in [0.05, 0.1) is 11.8 Å². The maximum absolute atomic E-state index is 12.7. The van der Waals surface area contributed by atoms with E-state index in [4.69, 9.17) is 4.42 Å². The van der Waals surface area contributed by atoms with Gasteiger partial charge in [-0.05, 0) is 44.4 Å². The second-order valence-corrected chi connectivity index (χ2v) is 7.67. The molecule has 1 N–H and O–H groups in total. The van der Waals surface area contributed by atoms with Gasteiger partial charge >= 0.3 is 5.63 Å². The average Bonchev–Trinajstić information content (AvgIpc) is 2.91. The molecule has 0 bridgehead atoms. The standard InChI is InChI=1S/C21H22N2O5/c1-11-9-18(24)28-17-10-13(7-8-14(11)17)22-19(25)12(2)23-20(26)15-5-3-4-6-16(15)21(23)27/h7-10,12,15-16H,3-6H2,1-2H3,(H,22,25)/t12-,15+,16+/m0/s1. The van der Waals surface area contributed by atoms with Gasteiger partial charge in [-0.1, -0.05) is 12.8 Å². The van der Waals surface area contributed by atoms with E-state index in [0.717, 1.165) is 28.7 Å². The van der Waals surface area contributed by atoms with Crippen molar-refractivity contribution in [2.75, 3.05) is 5.32 Å². The van der Waals surface area contributed by atoms with E-state index in [0.29, 0.717) is 24.1 Å². The number of amides is 3. The van der Waals surface area contributed by atoms with Gasteiger partial charge in [-0.15, -0.1) is 0 Å². The summed E-state index contributed by atoms with van der Waals surface area (Å²) < 4.78 is 5.20. The largest absolute Gasteiger partial charge is 0.423 e. The zero-order valence-electron chi connectivity index (χ0n) is 15.9. The Morgan fingerprint density at radius 2 is 1.75 bits per heavy atom. The Bertz CT molecular complexity index is 1020. The molecule has 7 heteroatoms. The highest BCUT2D eigenvalue weighted by Crippen LogP contribution is 2.39. The van der Waals surface area contributed by atoms with Crippen molar-refractivity contribution in [2.45, 2.75) is 45.6 Å². The van der Waals surface area contributed by atoms with E-state index in [2.05, 4.69) is 5.32 Å². The van der Waals surface area contributed by atoms with Gasteiger partial charge in [0, 0.05) is 23.2 Å². The van der Waals surface area contributed by atoms with E-state index < -0.39 is 17.6 Å². The third-order valence-electron chi connectivity index (χ3n) is 5.86. The van der Waals surface area contributed by atoms with E-state index in [1.54, 1.807) is 25.1 Å². The molecule has 3 amide bonds. The van der Waals surface area contributed by atoms with Gasteiger partial charge in [0.1, 0.15) is 11.6 Å². The second kappa shape index (κ2) is 6.89. The Balaban J connectivity index is 1.55. The van der Waals surface area contributed by atoms with Gasteiger partial charge in [0.15, 0.2) is 0 Å². The third kappa shape index (κ3) is 3.00. The molecule has 1 aromatic carbocycles. The number of rotatable bonds is 3. The lowest BCUT2D eigenvalue weighted by Crippen LogP contribution is -2.46. The summed E-state index contributed by atoms with van der Waals surface area (Å²) in [6.45, 7) is 3.37. The maximum atomic E-state index is 12.7. The minimum atomic E-state index is -0.897. The van der Waals surface area contributed by atoms with E-state index in [-0.39, 0.29) is 23.7 Å². The van der Waals surface area contributed by atoms with Gasteiger partial charge in [-0.2, -0.15) is 0 Å². The number of aryl methyl sites for hydroxylation is 1. The Morgan fingerprint density at radius 1 is 1.11 bits per heavy atom. The minimum absolute atomic E-state index is 0.238. The van der Waals surface area contributed by atoms with Crippen LogP contribution < -0.4 is 10.9 Å². The summed E-state index contributed by atoms with van der Waals surface area (Å²) in [6, 6.07) is 5.54. The molecule has 2 fully saturated rings. The van der Waals surface area contributed by atoms with E-state index in [1.807, 2.05) is 6.92 Å². The molecule has 0 spiro atoms. The van der Waals surface area contributed by atoms with E-state index in [1.165, 1.54) is 6.07 Å². The average molecular weight is 382 g/mol. The normalized spacial score (nSPS) is 23.0. The zero-order valence-corrected chi connectivity index (χ0v) is 15.9. The predicted octanol–water partition coefficient (Wildman–Crippen LogP) is 2.60. The van der Waals surface area contributed by atoms with Crippen molar-refractivity contribution in [3.63, 3.8) is 0 Å². The van der Waals surface area contributed by atoms with Crippen LogP contribution in [-0.2, 0) is 14.4 Å². The van der Waals surface area contributed by atoms with E-state index in [9.17, 15) is 19.2 Å². The van der Waals surface area contributed by atoms with Crippen LogP contribution in [0.15, 0.2) is 33.5 Å². The van der Waals surface area contributed by atoms with Gasteiger partial charge in [0.2, 0.25) is 17.7 Å². The van der Waals surface area contributed by atoms with Gasteiger partial charge in [-0.3, -0.25) is 19.3 Å². The fourth-order valence-electron chi connectivity index (χ4n) is 4.34. The van der Waals surface area contributed by atoms with Crippen molar-refractivity contribution in [1.82, 2.24) is 4.90 Å². The highest BCUT2D eigenvalue weighted by Gasteiger charge is 2.50. The molecule has 146 valence electrons. The molecule has 1 aliphatic carbocycles. The number of likely N-dealkylation sites (tertiary alicyclic amines) is 1. The molecular weight excluding hydrogens is 360 g/mol.